The lowest BCUT2D eigenvalue weighted by Crippen LogP contribution is -2.01. The van der Waals surface area contributed by atoms with E-state index >= 15 is 0 Å². The summed E-state index contributed by atoms with van der Waals surface area (Å²) in [5, 5.41) is 0. The molecule has 2 N–H and O–H groups in total. The zero-order chi connectivity index (χ0) is 8.69. The second-order valence-corrected chi connectivity index (χ2v) is 2.50. The van der Waals surface area contributed by atoms with Gasteiger partial charge in [0.25, 0.3) is 0 Å². The standard InChI is InChI=1S/C10H17N/c1-4-9(3)6-7-10(5-2)8-11/h4,6-7H,1,5,8,11H2,2-3H3/b9-6-,10-7+. The van der Waals surface area contributed by atoms with Crippen molar-refractivity contribution in [3.05, 3.63) is 36.0 Å². The van der Waals surface area contributed by atoms with Crippen molar-refractivity contribution in [2.45, 2.75) is 20.3 Å². The van der Waals surface area contributed by atoms with Gasteiger partial charge in [0, 0.05) is 6.54 Å². The van der Waals surface area contributed by atoms with Crippen LogP contribution >= 0.6 is 0 Å². The van der Waals surface area contributed by atoms with Gasteiger partial charge >= 0.3 is 0 Å². The lowest BCUT2D eigenvalue weighted by molar-refractivity contribution is 1.01. The molecule has 1 heteroatoms. The number of allylic oxidation sites excluding steroid dienone is 4. The highest BCUT2D eigenvalue weighted by molar-refractivity contribution is 5.23. The van der Waals surface area contributed by atoms with E-state index in [9.17, 15) is 0 Å². The zero-order valence-corrected chi connectivity index (χ0v) is 7.43. The van der Waals surface area contributed by atoms with Gasteiger partial charge in [-0.1, -0.05) is 42.9 Å². The van der Waals surface area contributed by atoms with E-state index in [-0.39, 0.29) is 0 Å². The average molecular weight is 151 g/mol. The summed E-state index contributed by atoms with van der Waals surface area (Å²) < 4.78 is 0. The van der Waals surface area contributed by atoms with Crippen LogP contribution in [0.5, 0.6) is 0 Å². The SMILES string of the molecule is C=C/C(C)=C\C=C(/CC)CN. The first kappa shape index (κ1) is 10.2. The van der Waals surface area contributed by atoms with Crippen LogP contribution in [0.15, 0.2) is 36.0 Å². The van der Waals surface area contributed by atoms with Crippen molar-refractivity contribution in [1.82, 2.24) is 0 Å². The molecular formula is C10H17N. The number of nitrogens with two attached hydrogens (primary N) is 1. The van der Waals surface area contributed by atoms with Crippen molar-refractivity contribution in [3.63, 3.8) is 0 Å². The Kier molecular flexibility index (Phi) is 5.49. The number of hydrogen-bond donors (Lipinski definition) is 1. The average Bonchev–Trinajstić information content (AvgIpc) is 2.06. The second kappa shape index (κ2) is 5.93. The molecule has 0 amide bonds. The van der Waals surface area contributed by atoms with Crippen LogP contribution in [-0.2, 0) is 0 Å². The first-order valence-corrected chi connectivity index (χ1v) is 3.93. The maximum atomic E-state index is 5.49. The van der Waals surface area contributed by atoms with Crippen LogP contribution in [0.25, 0.3) is 0 Å². The van der Waals surface area contributed by atoms with E-state index in [2.05, 4.69) is 19.6 Å². The van der Waals surface area contributed by atoms with Gasteiger partial charge in [-0.05, 0) is 13.3 Å². The Morgan fingerprint density at radius 3 is 2.45 bits per heavy atom. The highest BCUT2D eigenvalue weighted by Crippen LogP contribution is 2.00. The van der Waals surface area contributed by atoms with E-state index in [1.165, 1.54) is 11.1 Å². The largest absolute Gasteiger partial charge is 0.327 e. The Bertz CT molecular complexity index is 169. The number of hydrogen-bond acceptors (Lipinski definition) is 1. The fourth-order valence-electron chi connectivity index (χ4n) is 0.648. The van der Waals surface area contributed by atoms with Gasteiger partial charge in [0.15, 0.2) is 0 Å². The van der Waals surface area contributed by atoms with Gasteiger partial charge in [-0.2, -0.15) is 0 Å². The van der Waals surface area contributed by atoms with E-state index in [1.807, 2.05) is 19.1 Å². The highest BCUT2D eigenvalue weighted by Gasteiger charge is 1.86. The third kappa shape index (κ3) is 4.57. The Balaban J connectivity index is 4.17. The summed E-state index contributed by atoms with van der Waals surface area (Å²) in [4.78, 5) is 0. The minimum Gasteiger partial charge on any atom is -0.327 e. The molecule has 0 aromatic rings. The minimum absolute atomic E-state index is 0.650. The molecule has 0 unspecified atom stereocenters. The summed E-state index contributed by atoms with van der Waals surface area (Å²) in [6.45, 7) is 8.44. The van der Waals surface area contributed by atoms with Crippen molar-refractivity contribution in [2.24, 2.45) is 5.73 Å². The predicted octanol–water partition coefficient (Wildman–Crippen LogP) is 2.41. The van der Waals surface area contributed by atoms with Gasteiger partial charge in [0.1, 0.15) is 0 Å². The Morgan fingerprint density at radius 2 is 2.09 bits per heavy atom. The Hall–Kier alpha value is -0.820. The summed E-state index contributed by atoms with van der Waals surface area (Å²) in [6.07, 6.45) is 6.97. The predicted molar refractivity (Wildman–Crippen MR) is 51.4 cm³/mol. The quantitative estimate of drug-likeness (QED) is 0.613. The molecule has 0 aromatic carbocycles. The molecule has 62 valence electrons. The van der Waals surface area contributed by atoms with E-state index in [0.717, 1.165) is 6.42 Å². The molecule has 0 radical (unpaired) electrons. The van der Waals surface area contributed by atoms with Crippen LogP contribution in [-0.4, -0.2) is 6.54 Å². The lowest BCUT2D eigenvalue weighted by atomic mass is 10.1. The van der Waals surface area contributed by atoms with Crippen molar-refractivity contribution in [2.75, 3.05) is 6.54 Å². The van der Waals surface area contributed by atoms with Gasteiger partial charge < -0.3 is 5.73 Å². The van der Waals surface area contributed by atoms with Gasteiger partial charge in [-0.3, -0.25) is 0 Å². The molecule has 0 fully saturated rings. The van der Waals surface area contributed by atoms with E-state index in [4.69, 9.17) is 5.73 Å². The smallest absolute Gasteiger partial charge is 0.0139 e. The second-order valence-electron chi connectivity index (χ2n) is 2.50. The van der Waals surface area contributed by atoms with Crippen molar-refractivity contribution < 1.29 is 0 Å². The third-order valence-corrected chi connectivity index (χ3v) is 1.62. The highest BCUT2D eigenvalue weighted by atomic mass is 14.5. The molecule has 0 bridgehead atoms. The normalized spacial score (nSPS) is 13.4. The molecule has 0 saturated carbocycles. The van der Waals surface area contributed by atoms with Crippen LogP contribution in [0, 0.1) is 0 Å². The van der Waals surface area contributed by atoms with Gasteiger partial charge in [0.05, 0.1) is 0 Å². The molecule has 0 saturated heterocycles. The molecule has 0 rings (SSSR count). The molecule has 0 spiro atoms. The molecule has 11 heavy (non-hydrogen) atoms. The summed E-state index contributed by atoms with van der Waals surface area (Å²) in [7, 11) is 0. The molecule has 0 aromatic heterocycles. The van der Waals surface area contributed by atoms with Crippen LogP contribution in [0.4, 0.5) is 0 Å². The van der Waals surface area contributed by atoms with Crippen LogP contribution < -0.4 is 5.73 Å². The molecule has 0 aliphatic rings. The summed E-state index contributed by atoms with van der Waals surface area (Å²) in [5.74, 6) is 0. The topological polar surface area (TPSA) is 26.0 Å². The van der Waals surface area contributed by atoms with Gasteiger partial charge in [-0.15, -0.1) is 0 Å². The summed E-state index contributed by atoms with van der Waals surface area (Å²) >= 11 is 0. The van der Waals surface area contributed by atoms with Crippen molar-refractivity contribution in [3.8, 4) is 0 Å². The zero-order valence-electron chi connectivity index (χ0n) is 7.43. The molecule has 0 aliphatic heterocycles. The van der Waals surface area contributed by atoms with E-state index in [1.54, 1.807) is 0 Å². The van der Waals surface area contributed by atoms with Crippen molar-refractivity contribution >= 4 is 0 Å². The fraction of sp³-hybridized carbons (Fsp3) is 0.400. The summed E-state index contributed by atoms with van der Waals surface area (Å²) in [5.41, 5.74) is 7.93. The fourth-order valence-corrected chi connectivity index (χ4v) is 0.648. The van der Waals surface area contributed by atoms with Crippen LogP contribution in [0.3, 0.4) is 0 Å². The minimum atomic E-state index is 0.650. The first-order valence-electron chi connectivity index (χ1n) is 3.93. The monoisotopic (exact) mass is 151 g/mol. The van der Waals surface area contributed by atoms with Crippen molar-refractivity contribution in [1.29, 1.82) is 0 Å². The van der Waals surface area contributed by atoms with E-state index < -0.39 is 0 Å². The Labute approximate surface area is 69.3 Å². The maximum Gasteiger partial charge on any atom is 0.0139 e. The van der Waals surface area contributed by atoms with Crippen LogP contribution in [0.2, 0.25) is 0 Å². The van der Waals surface area contributed by atoms with Gasteiger partial charge in [-0.25, -0.2) is 0 Å². The summed E-state index contributed by atoms with van der Waals surface area (Å²) in [6, 6.07) is 0. The first-order chi connectivity index (χ1) is 5.24. The Morgan fingerprint density at radius 1 is 1.45 bits per heavy atom. The van der Waals surface area contributed by atoms with Crippen LogP contribution in [0.1, 0.15) is 20.3 Å². The molecular weight excluding hydrogens is 134 g/mol. The van der Waals surface area contributed by atoms with E-state index in [0.29, 0.717) is 6.54 Å². The molecule has 0 atom stereocenters. The van der Waals surface area contributed by atoms with Gasteiger partial charge in [0.2, 0.25) is 0 Å². The lowest BCUT2D eigenvalue weighted by Gasteiger charge is -1.96. The number of rotatable bonds is 4. The molecule has 0 heterocycles. The third-order valence-electron chi connectivity index (χ3n) is 1.62. The maximum absolute atomic E-state index is 5.49. The molecule has 1 nitrogen and oxygen atoms in total. The molecule has 0 aliphatic carbocycles.